The van der Waals surface area contributed by atoms with Gasteiger partial charge >= 0.3 is 0 Å². The molecule has 0 unspecified atom stereocenters. The van der Waals surface area contributed by atoms with Gasteiger partial charge in [0.05, 0.1) is 28.8 Å². The van der Waals surface area contributed by atoms with Crippen molar-refractivity contribution in [3.63, 3.8) is 0 Å². The van der Waals surface area contributed by atoms with Crippen molar-refractivity contribution in [1.82, 2.24) is 4.90 Å². The van der Waals surface area contributed by atoms with E-state index in [-0.39, 0.29) is 5.91 Å². The molecule has 0 saturated carbocycles. The fraction of sp³-hybridized carbons (Fsp3) is 0.154. The van der Waals surface area contributed by atoms with Gasteiger partial charge in [-0.15, -0.1) is 0 Å². The Morgan fingerprint density at radius 2 is 2.22 bits per heavy atom. The van der Waals surface area contributed by atoms with Crippen molar-refractivity contribution in [3.05, 3.63) is 52.9 Å². The highest BCUT2D eigenvalue weighted by Gasteiger charge is 2.16. The minimum Gasteiger partial charge on any atom is -0.472 e. The van der Waals surface area contributed by atoms with Gasteiger partial charge in [-0.1, -0.05) is 17.7 Å². The fourth-order valence-corrected chi connectivity index (χ4v) is 1.86. The van der Waals surface area contributed by atoms with Crippen molar-refractivity contribution in [1.29, 1.82) is 0 Å². The Morgan fingerprint density at radius 1 is 1.44 bits per heavy atom. The summed E-state index contributed by atoms with van der Waals surface area (Å²) in [4.78, 5) is 13.8. The monoisotopic (exact) mass is 264 g/mol. The highest BCUT2D eigenvalue weighted by Crippen LogP contribution is 2.24. The van der Waals surface area contributed by atoms with Crippen LogP contribution >= 0.6 is 11.6 Å². The second kappa shape index (κ2) is 5.14. The van der Waals surface area contributed by atoms with Crippen molar-refractivity contribution in [2.45, 2.75) is 6.54 Å². The number of rotatable bonds is 3. The van der Waals surface area contributed by atoms with Crippen molar-refractivity contribution in [2.24, 2.45) is 0 Å². The Labute approximate surface area is 110 Å². The molecule has 0 radical (unpaired) electrons. The molecule has 0 spiro atoms. The van der Waals surface area contributed by atoms with Crippen LogP contribution in [0.15, 0.2) is 41.2 Å². The maximum absolute atomic E-state index is 12.2. The first-order valence-corrected chi connectivity index (χ1v) is 5.78. The van der Waals surface area contributed by atoms with Gasteiger partial charge in [-0.25, -0.2) is 0 Å². The van der Waals surface area contributed by atoms with Gasteiger partial charge in [0.2, 0.25) is 0 Å². The van der Waals surface area contributed by atoms with Gasteiger partial charge in [0.1, 0.15) is 0 Å². The molecule has 2 rings (SSSR count). The molecule has 0 aliphatic rings. The molecule has 0 saturated heterocycles. The number of nitrogens with zero attached hydrogens (tertiary/aromatic N) is 1. The van der Waals surface area contributed by atoms with E-state index in [0.29, 0.717) is 22.8 Å². The van der Waals surface area contributed by atoms with Gasteiger partial charge in [-0.05, 0) is 18.2 Å². The van der Waals surface area contributed by atoms with Gasteiger partial charge in [0.25, 0.3) is 5.91 Å². The summed E-state index contributed by atoms with van der Waals surface area (Å²) in [6.45, 7) is 0.459. The number of halogens is 1. The smallest absolute Gasteiger partial charge is 0.255 e. The highest BCUT2D eigenvalue weighted by atomic mass is 35.5. The molecule has 4 nitrogen and oxygen atoms in total. The van der Waals surface area contributed by atoms with Gasteiger partial charge in [0.15, 0.2) is 0 Å². The van der Waals surface area contributed by atoms with E-state index >= 15 is 0 Å². The Balaban J connectivity index is 2.18. The Kier molecular flexibility index (Phi) is 3.58. The third-order valence-corrected chi connectivity index (χ3v) is 3.03. The van der Waals surface area contributed by atoms with Crippen LogP contribution in [0.25, 0.3) is 0 Å². The fourth-order valence-electron chi connectivity index (χ4n) is 1.65. The molecule has 1 heterocycles. The number of carbonyl (C=O) groups excluding carboxylic acids is 1. The maximum Gasteiger partial charge on any atom is 0.255 e. The lowest BCUT2D eigenvalue weighted by Crippen LogP contribution is -2.26. The summed E-state index contributed by atoms with van der Waals surface area (Å²) in [5.41, 5.74) is 7.41. The van der Waals surface area contributed by atoms with Crippen LogP contribution in [0, 0.1) is 0 Å². The number of amides is 1. The van der Waals surface area contributed by atoms with E-state index < -0.39 is 0 Å². The minimum absolute atomic E-state index is 0.173. The standard InChI is InChI=1S/C13H13ClN2O2/c1-16(7-9-5-6-18-8-9)13(17)10-3-2-4-11(15)12(10)14/h2-6,8H,7,15H2,1H3. The molecule has 1 aromatic carbocycles. The third kappa shape index (κ3) is 2.49. The normalized spacial score (nSPS) is 10.3. The lowest BCUT2D eigenvalue weighted by molar-refractivity contribution is 0.0785. The second-order valence-corrected chi connectivity index (χ2v) is 4.38. The number of hydrogen-bond acceptors (Lipinski definition) is 3. The van der Waals surface area contributed by atoms with Crippen molar-refractivity contribution in [2.75, 3.05) is 12.8 Å². The van der Waals surface area contributed by atoms with E-state index in [2.05, 4.69) is 0 Å². The molecule has 0 aliphatic heterocycles. The van der Waals surface area contributed by atoms with Crippen LogP contribution in [0.2, 0.25) is 5.02 Å². The predicted molar refractivity (Wildman–Crippen MR) is 70.4 cm³/mol. The highest BCUT2D eigenvalue weighted by molar-refractivity contribution is 6.36. The first-order valence-electron chi connectivity index (χ1n) is 5.40. The van der Waals surface area contributed by atoms with E-state index in [1.807, 2.05) is 6.07 Å². The summed E-state index contributed by atoms with van der Waals surface area (Å²) in [6.07, 6.45) is 3.17. The van der Waals surface area contributed by atoms with Gasteiger partial charge in [-0.2, -0.15) is 0 Å². The molecule has 1 aromatic heterocycles. The van der Waals surface area contributed by atoms with Gasteiger partial charge in [0, 0.05) is 19.2 Å². The molecule has 94 valence electrons. The number of benzene rings is 1. The molecule has 0 fully saturated rings. The lowest BCUT2D eigenvalue weighted by Gasteiger charge is -2.17. The maximum atomic E-state index is 12.2. The van der Waals surface area contributed by atoms with Crippen molar-refractivity contribution >= 4 is 23.2 Å². The Morgan fingerprint density at radius 3 is 2.89 bits per heavy atom. The SMILES string of the molecule is CN(Cc1ccoc1)C(=O)c1cccc(N)c1Cl. The molecule has 0 aliphatic carbocycles. The summed E-state index contributed by atoms with van der Waals surface area (Å²) in [5, 5.41) is 0.293. The van der Waals surface area contributed by atoms with E-state index in [1.54, 1.807) is 42.7 Å². The van der Waals surface area contributed by atoms with E-state index in [1.165, 1.54) is 0 Å². The molecule has 5 heteroatoms. The predicted octanol–water partition coefficient (Wildman–Crippen LogP) is 2.79. The van der Waals surface area contributed by atoms with E-state index in [0.717, 1.165) is 5.56 Å². The number of anilines is 1. The van der Waals surface area contributed by atoms with Crippen LogP contribution in [0.5, 0.6) is 0 Å². The lowest BCUT2D eigenvalue weighted by atomic mass is 10.1. The second-order valence-electron chi connectivity index (χ2n) is 4.00. The van der Waals surface area contributed by atoms with Gasteiger partial charge in [-0.3, -0.25) is 4.79 Å². The zero-order valence-corrected chi connectivity index (χ0v) is 10.6. The number of furan rings is 1. The molecule has 2 N–H and O–H groups in total. The number of nitrogens with two attached hydrogens (primary N) is 1. The summed E-state index contributed by atoms with van der Waals surface area (Å²) in [5.74, 6) is -0.173. The number of nitrogen functional groups attached to an aromatic ring is 1. The van der Waals surface area contributed by atoms with Crippen LogP contribution in [-0.4, -0.2) is 17.9 Å². The summed E-state index contributed by atoms with van der Waals surface area (Å²) in [6, 6.07) is 6.84. The van der Waals surface area contributed by atoms with Crippen LogP contribution in [0.1, 0.15) is 15.9 Å². The number of carbonyl (C=O) groups is 1. The van der Waals surface area contributed by atoms with Crippen LogP contribution in [0.4, 0.5) is 5.69 Å². The summed E-state index contributed by atoms with van der Waals surface area (Å²) in [7, 11) is 1.70. The third-order valence-electron chi connectivity index (χ3n) is 2.61. The summed E-state index contributed by atoms with van der Waals surface area (Å²) >= 11 is 6.02. The average Bonchev–Trinajstić information content (AvgIpc) is 2.84. The molecular weight excluding hydrogens is 252 g/mol. The van der Waals surface area contributed by atoms with Crippen molar-refractivity contribution < 1.29 is 9.21 Å². The quantitative estimate of drug-likeness (QED) is 0.867. The van der Waals surface area contributed by atoms with Crippen LogP contribution in [-0.2, 0) is 6.54 Å². The zero-order valence-electron chi connectivity index (χ0n) is 9.89. The number of hydrogen-bond donors (Lipinski definition) is 1. The molecule has 18 heavy (non-hydrogen) atoms. The van der Waals surface area contributed by atoms with Crippen LogP contribution in [0.3, 0.4) is 0 Å². The largest absolute Gasteiger partial charge is 0.472 e. The molecule has 2 aromatic rings. The summed E-state index contributed by atoms with van der Waals surface area (Å²) < 4.78 is 4.96. The molecule has 0 bridgehead atoms. The van der Waals surface area contributed by atoms with Crippen molar-refractivity contribution in [3.8, 4) is 0 Å². The Hall–Kier alpha value is -1.94. The molecule has 0 atom stereocenters. The zero-order chi connectivity index (χ0) is 13.1. The molecular formula is C13H13ClN2O2. The topological polar surface area (TPSA) is 59.5 Å². The average molecular weight is 265 g/mol. The van der Waals surface area contributed by atoms with E-state index in [4.69, 9.17) is 21.8 Å². The first kappa shape index (κ1) is 12.5. The molecule has 1 amide bonds. The minimum atomic E-state index is -0.173. The first-order chi connectivity index (χ1) is 8.59. The van der Waals surface area contributed by atoms with Crippen LogP contribution < -0.4 is 5.73 Å². The van der Waals surface area contributed by atoms with E-state index in [9.17, 15) is 4.79 Å². The van der Waals surface area contributed by atoms with Gasteiger partial charge < -0.3 is 15.1 Å². The Bertz CT molecular complexity index is 552.